The third-order valence-corrected chi connectivity index (χ3v) is 4.33. The van der Waals surface area contributed by atoms with Crippen molar-refractivity contribution in [1.29, 1.82) is 0 Å². The summed E-state index contributed by atoms with van der Waals surface area (Å²) in [7, 11) is 0. The van der Waals surface area contributed by atoms with Crippen LogP contribution in [0.2, 0.25) is 0 Å². The second kappa shape index (κ2) is 6.47. The number of hydrogen-bond acceptors (Lipinski definition) is 2. The van der Waals surface area contributed by atoms with Crippen molar-refractivity contribution < 1.29 is 14.7 Å². The molecule has 0 saturated carbocycles. The molecule has 114 valence electrons. The number of carbonyl (C=O) groups excluding carboxylic acids is 1. The Kier molecular flexibility index (Phi) is 4.88. The minimum Gasteiger partial charge on any atom is -0.481 e. The lowest BCUT2D eigenvalue weighted by atomic mass is 9.82. The number of nitrogens with one attached hydrogen (secondary N) is 1. The molecular weight excluding hydrogens is 336 g/mol. The Morgan fingerprint density at radius 2 is 2.24 bits per heavy atom. The van der Waals surface area contributed by atoms with Gasteiger partial charge in [0, 0.05) is 24.1 Å². The number of amides is 2. The molecule has 0 radical (unpaired) electrons. The summed E-state index contributed by atoms with van der Waals surface area (Å²) in [6, 6.07) is 7.50. The molecule has 2 N–H and O–H groups in total. The molecule has 1 unspecified atom stereocenters. The summed E-state index contributed by atoms with van der Waals surface area (Å²) in [5.41, 5.74) is 0.154. The molecule has 1 fully saturated rings. The summed E-state index contributed by atoms with van der Waals surface area (Å²) >= 11 is 3.39. The van der Waals surface area contributed by atoms with Gasteiger partial charge >= 0.3 is 12.0 Å². The van der Waals surface area contributed by atoms with Crippen LogP contribution in [0, 0.1) is 5.41 Å². The zero-order valence-electron chi connectivity index (χ0n) is 11.9. The number of likely N-dealkylation sites (tertiary alicyclic amines) is 1. The number of hydrogen-bond donors (Lipinski definition) is 2. The van der Waals surface area contributed by atoms with Gasteiger partial charge in [0.15, 0.2) is 0 Å². The van der Waals surface area contributed by atoms with Crippen LogP contribution in [-0.4, -0.2) is 35.1 Å². The molecular formula is C15H19BrN2O3. The summed E-state index contributed by atoms with van der Waals surface area (Å²) in [6.07, 6.45) is 1.32. The first-order chi connectivity index (χ1) is 9.90. The second-order valence-electron chi connectivity index (χ2n) is 5.68. The predicted molar refractivity (Wildman–Crippen MR) is 82.9 cm³/mol. The number of piperidine rings is 1. The summed E-state index contributed by atoms with van der Waals surface area (Å²) in [6.45, 7) is 2.99. The number of carboxylic acids is 1. The molecule has 2 amide bonds. The fourth-order valence-electron chi connectivity index (χ4n) is 2.52. The quantitative estimate of drug-likeness (QED) is 0.876. The molecule has 1 aliphatic heterocycles. The molecule has 0 aliphatic carbocycles. The van der Waals surface area contributed by atoms with Gasteiger partial charge in [-0.3, -0.25) is 4.79 Å². The number of rotatable bonds is 3. The standard InChI is InChI=1S/C15H19BrN2O3/c1-15(13(19)20)6-3-7-18(10-15)14(21)17-9-11-4-2-5-12(16)8-11/h2,4-5,8H,3,6-7,9-10H2,1H3,(H,17,21)(H,19,20). The lowest BCUT2D eigenvalue weighted by Gasteiger charge is -2.37. The molecule has 0 spiro atoms. The van der Waals surface area contributed by atoms with E-state index in [-0.39, 0.29) is 12.6 Å². The van der Waals surface area contributed by atoms with E-state index in [0.29, 0.717) is 25.9 Å². The minimum absolute atomic E-state index is 0.206. The Labute approximate surface area is 132 Å². The van der Waals surface area contributed by atoms with Crippen molar-refractivity contribution in [2.24, 2.45) is 5.41 Å². The maximum absolute atomic E-state index is 12.2. The van der Waals surface area contributed by atoms with Crippen molar-refractivity contribution in [2.45, 2.75) is 26.3 Å². The van der Waals surface area contributed by atoms with Crippen LogP contribution in [0.25, 0.3) is 0 Å². The van der Waals surface area contributed by atoms with Gasteiger partial charge in [-0.25, -0.2) is 4.79 Å². The summed E-state index contributed by atoms with van der Waals surface area (Å²) < 4.78 is 0.964. The first-order valence-electron chi connectivity index (χ1n) is 6.91. The highest BCUT2D eigenvalue weighted by molar-refractivity contribution is 9.10. The van der Waals surface area contributed by atoms with E-state index in [9.17, 15) is 14.7 Å². The van der Waals surface area contributed by atoms with E-state index in [1.54, 1.807) is 11.8 Å². The molecule has 2 rings (SSSR count). The molecule has 1 saturated heterocycles. The van der Waals surface area contributed by atoms with Gasteiger partial charge in [-0.2, -0.15) is 0 Å². The van der Waals surface area contributed by atoms with E-state index in [1.165, 1.54) is 0 Å². The van der Waals surface area contributed by atoms with Crippen molar-refractivity contribution in [1.82, 2.24) is 10.2 Å². The summed E-state index contributed by atoms with van der Waals surface area (Å²) in [5, 5.41) is 12.1. The Morgan fingerprint density at radius 3 is 2.90 bits per heavy atom. The normalized spacial score (nSPS) is 21.9. The van der Waals surface area contributed by atoms with E-state index in [0.717, 1.165) is 10.0 Å². The zero-order valence-corrected chi connectivity index (χ0v) is 13.5. The van der Waals surface area contributed by atoms with Gasteiger partial charge < -0.3 is 15.3 Å². The Balaban J connectivity index is 1.93. The molecule has 6 heteroatoms. The van der Waals surface area contributed by atoms with Crippen LogP contribution >= 0.6 is 15.9 Å². The average Bonchev–Trinajstić information content (AvgIpc) is 2.45. The van der Waals surface area contributed by atoms with E-state index in [1.807, 2.05) is 24.3 Å². The molecule has 1 heterocycles. The van der Waals surface area contributed by atoms with E-state index in [2.05, 4.69) is 21.2 Å². The monoisotopic (exact) mass is 354 g/mol. The van der Waals surface area contributed by atoms with Crippen LogP contribution < -0.4 is 5.32 Å². The van der Waals surface area contributed by atoms with Crippen LogP contribution in [0.1, 0.15) is 25.3 Å². The molecule has 0 bridgehead atoms. The molecule has 5 nitrogen and oxygen atoms in total. The Hall–Kier alpha value is -1.56. The molecule has 0 aromatic heterocycles. The fraction of sp³-hybridized carbons (Fsp3) is 0.467. The van der Waals surface area contributed by atoms with E-state index in [4.69, 9.17) is 0 Å². The fourth-order valence-corrected chi connectivity index (χ4v) is 2.97. The minimum atomic E-state index is -0.842. The van der Waals surface area contributed by atoms with Gasteiger partial charge in [0.1, 0.15) is 0 Å². The van der Waals surface area contributed by atoms with Crippen molar-refractivity contribution >= 4 is 27.9 Å². The van der Waals surface area contributed by atoms with Crippen molar-refractivity contribution in [3.8, 4) is 0 Å². The lowest BCUT2D eigenvalue weighted by Crippen LogP contribution is -2.51. The van der Waals surface area contributed by atoms with Crippen LogP contribution in [0.4, 0.5) is 4.79 Å². The summed E-state index contributed by atoms with van der Waals surface area (Å²) in [5.74, 6) is -0.841. The molecule has 21 heavy (non-hydrogen) atoms. The van der Waals surface area contributed by atoms with Crippen molar-refractivity contribution in [3.63, 3.8) is 0 Å². The Morgan fingerprint density at radius 1 is 1.48 bits per heavy atom. The van der Waals surface area contributed by atoms with Crippen molar-refractivity contribution in [2.75, 3.05) is 13.1 Å². The average molecular weight is 355 g/mol. The molecule has 1 aliphatic rings. The van der Waals surface area contributed by atoms with Gasteiger partial charge in [-0.1, -0.05) is 28.1 Å². The lowest BCUT2D eigenvalue weighted by molar-refractivity contribution is -0.150. The van der Waals surface area contributed by atoms with Gasteiger partial charge in [0.25, 0.3) is 0 Å². The maximum Gasteiger partial charge on any atom is 0.317 e. The van der Waals surface area contributed by atoms with Crippen LogP contribution in [-0.2, 0) is 11.3 Å². The van der Waals surface area contributed by atoms with Gasteiger partial charge in [0.2, 0.25) is 0 Å². The third-order valence-electron chi connectivity index (χ3n) is 3.83. The van der Waals surface area contributed by atoms with E-state index < -0.39 is 11.4 Å². The van der Waals surface area contributed by atoms with Gasteiger partial charge in [-0.05, 0) is 37.5 Å². The van der Waals surface area contributed by atoms with Crippen LogP contribution in [0.5, 0.6) is 0 Å². The highest BCUT2D eigenvalue weighted by atomic mass is 79.9. The zero-order chi connectivity index (χ0) is 15.5. The second-order valence-corrected chi connectivity index (χ2v) is 6.60. The summed E-state index contributed by atoms with van der Waals surface area (Å²) in [4.78, 5) is 25.1. The largest absolute Gasteiger partial charge is 0.481 e. The smallest absolute Gasteiger partial charge is 0.317 e. The number of halogens is 1. The molecule has 1 atom stereocenters. The topological polar surface area (TPSA) is 69.6 Å². The first-order valence-corrected chi connectivity index (χ1v) is 7.71. The van der Waals surface area contributed by atoms with E-state index >= 15 is 0 Å². The number of carboxylic acid groups (broad SMARTS) is 1. The van der Waals surface area contributed by atoms with Crippen LogP contribution in [0.3, 0.4) is 0 Å². The number of aliphatic carboxylic acids is 1. The SMILES string of the molecule is CC1(C(=O)O)CCCN(C(=O)NCc2cccc(Br)c2)C1. The highest BCUT2D eigenvalue weighted by Gasteiger charge is 2.39. The highest BCUT2D eigenvalue weighted by Crippen LogP contribution is 2.29. The van der Waals surface area contributed by atoms with Gasteiger partial charge in [0.05, 0.1) is 5.41 Å². The Bertz CT molecular complexity index is 549. The maximum atomic E-state index is 12.2. The van der Waals surface area contributed by atoms with Gasteiger partial charge in [-0.15, -0.1) is 0 Å². The number of carbonyl (C=O) groups is 2. The number of urea groups is 1. The predicted octanol–water partition coefficient (Wildman–Crippen LogP) is 2.85. The molecule has 1 aromatic rings. The third kappa shape index (κ3) is 3.97. The number of nitrogens with zero attached hydrogens (tertiary/aromatic N) is 1. The number of benzene rings is 1. The van der Waals surface area contributed by atoms with Crippen molar-refractivity contribution in [3.05, 3.63) is 34.3 Å². The first kappa shape index (κ1) is 15.8. The van der Waals surface area contributed by atoms with Crippen LogP contribution in [0.15, 0.2) is 28.7 Å². The molecule has 1 aromatic carbocycles.